The van der Waals surface area contributed by atoms with Gasteiger partial charge in [0.15, 0.2) is 0 Å². The van der Waals surface area contributed by atoms with Crippen LogP contribution in [0.1, 0.15) is 0 Å². The van der Waals surface area contributed by atoms with Crippen LogP contribution in [0.15, 0.2) is 12.3 Å². The normalized spacial score (nSPS) is 17.0. The average Bonchev–Trinajstić information content (AvgIpc) is 2.42. The fraction of sp³-hybridized carbons (Fsp3) is 0.400. The van der Waals surface area contributed by atoms with Gasteiger partial charge in [-0.1, -0.05) is 6.58 Å². The van der Waals surface area contributed by atoms with E-state index in [1.807, 2.05) is 0 Å². The Labute approximate surface area is 68.7 Å². The maximum absolute atomic E-state index is 10.6. The van der Waals surface area contributed by atoms with Gasteiger partial charge in [0, 0.05) is 0 Å². The van der Waals surface area contributed by atoms with Gasteiger partial charge in [0.1, 0.15) is 5.70 Å². The fourth-order valence-corrected chi connectivity index (χ4v) is 1.03. The van der Waals surface area contributed by atoms with Crippen molar-refractivity contribution in [3.05, 3.63) is 12.3 Å². The molecule has 0 bridgehead atoms. The lowest BCUT2D eigenvalue weighted by Crippen LogP contribution is -2.07. The zero-order valence-electron chi connectivity index (χ0n) is 6.13. The third-order valence-electron chi connectivity index (χ3n) is 1.34. The van der Waals surface area contributed by atoms with Crippen LogP contribution in [-0.4, -0.2) is 33.7 Å². The number of phosphoric acid groups is 1. The van der Waals surface area contributed by atoms with Gasteiger partial charge in [-0.3, -0.25) is 9.32 Å². The summed E-state index contributed by atoms with van der Waals surface area (Å²) < 4.78 is 14.3. The summed E-state index contributed by atoms with van der Waals surface area (Å²) in [6.07, 6.45) is 0. The van der Waals surface area contributed by atoms with Gasteiger partial charge in [-0.15, -0.1) is 0 Å². The number of nitrogens with zero attached hydrogens (tertiary/aromatic N) is 1. The van der Waals surface area contributed by atoms with Crippen molar-refractivity contribution in [2.75, 3.05) is 13.2 Å². The highest BCUT2D eigenvalue weighted by molar-refractivity contribution is 7.46. The zero-order chi connectivity index (χ0) is 9.35. The van der Waals surface area contributed by atoms with E-state index in [2.05, 4.69) is 11.1 Å². The standard InChI is InChI=1S/C5H8NO5P/c1-4-5(7)6(4)2-3-11-12(8,9)10/h1-3H2,(H2,8,9,10). The van der Waals surface area contributed by atoms with E-state index in [9.17, 15) is 9.36 Å². The van der Waals surface area contributed by atoms with E-state index in [0.717, 1.165) is 0 Å². The molecule has 0 radical (unpaired) electrons. The Morgan fingerprint density at radius 1 is 1.58 bits per heavy atom. The number of amides is 1. The minimum Gasteiger partial charge on any atom is -0.303 e. The van der Waals surface area contributed by atoms with E-state index < -0.39 is 7.82 Å². The van der Waals surface area contributed by atoms with E-state index in [1.54, 1.807) is 0 Å². The van der Waals surface area contributed by atoms with Crippen molar-refractivity contribution in [3.63, 3.8) is 0 Å². The Hall–Kier alpha value is -0.680. The molecule has 0 atom stereocenters. The highest BCUT2D eigenvalue weighted by Gasteiger charge is 2.36. The molecular formula is C5H8NO5P. The van der Waals surface area contributed by atoms with Crippen molar-refractivity contribution in [1.29, 1.82) is 0 Å². The molecule has 0 unspecified atom stereocenters. The second-order valence-corrected chi connectivity index (χ2v) is 3.47. The molecule has 0 aromatic rings. The van der Waals surface area contributed by atoms with Crippen molar-refractivity contribution in [2.45, 2.75) is 0 Å². The van der Waals surface area contributed by atoms with Crippen molar-refractivity contribution >= 4 is 13.7 Å². The second-order valence-electron chi connectivity index (χ2n) is 2.23. The summed E-state index contributed by atoms with van der Waals surface area (Å²) in [5.41, 5.74) is 0.351. The molecule has 0 saturated carbocycles. The first-order valence-corrected chi connectivity index (χ1v) is 4.66. The molecule has 1 amide bonds. The Balaban J connectivity index is 2.17. The van der Waals surface area contributed by atoms with Crippen LogP contribution in [0.3, 0.4) is 0 Å². The molecule has 68 valence electrons. The van der Waals surface area contributed by atoms with Crippen LogP contribution in [0.4, 0.5) is 0 Å². The van der Waals surface area contributed by atoms with Crippen LogP contribution in [0.25, 0.3) is 0 Å². The summed E-state index contributed by atoms with van der Waals surface area (Å²) in [5, 5.41) is 0. The zero-order valence-corrected chi connectivity index (χ0v) is 7.03. The monoisotopic (exact) mass is 193 g/mol. The van der Waals surface area contributed by atoms with Crippen LogP contribution < -0.4 is 0 Å². The van der Waals surface area contributed by atoms with Crippen LogP contribution in [0, 0.1) is 0 Å². The molecule has 1 aliphatic heterocycles. The Kier molecular flexibility index (Phi) is 2.34. The topological polar surface area (TPSA) is 86.8 Å². The largest absolute Gasteiger partial charge is 0.469 e. The number of rotatable bonds is 4. The lowest BCUT2D eigenvalue weighted by Gasteiger charge is -2.03. The van der Waals surface area contributed by atoms with Gasteiger partial charge < -0.3 is 14.7 Å². The van der Waals surface area contributed by atoms with Gasteiger partial charge in [-0.05, 0) is 0 Å². The molecule has 0 aromatic carbocycles. The number of carbonyl (C=O) groups excluding carboxylic acids is 1. The minimum atomic E-state index is -4.40. The number of carbonyl (C=O) groups is 1. The van der Waals surface area contributed by atoms with E-state index >= 15 is 0 Å². The summed E-state index contributed by atoms with van der Waals surface area (Å²) in [7, 11) is -4.40. The summed E-state index contributed by atoms with van der Waals surface area (Å²) in [6.45, 7) is 3.33. The third-order valence-corrected chi connectivity index (χ3v) is 1.86. The molecule has 1 fully saturated rings. The van der Waals surface area contributed by atoms with Crippen LogP contribution in [-0.2, 0) is 13.9 Å². The van der Waals surface area contributed by atoms with Gasteiger partial charge in [0.25, 0.3) is 5.91 Å². The maximum atomic E-state index is 10.6. The van der Waals surface area contributed by atoms with Gasteiger partial charge in [-0.2, -0.15) is 0 Å². The van der Waals surface area contributed by atoms with Gasteiger partial charge in [0.2, 0.25) is 0 Å². The minimum absolute atomic E-state index is 0.142. The lowest BCUT2D eigenvalue weighted by molar-refractivity contribution is -0.113. The van der Waals surface area contributed by atoms with Crippen LogP contribution in [0.5, 0.6) is 0 Å². The smallest absolute Gasteiger partial charge is 0.303 e. The van der Waals surface area contributed by atoms with Gasteiger partial charge in [-0.25, -0.2) is 4.57 Å². The first kappa shape index (κ1) is 9.41. The Morgan fingerprint density at radius 3 is 2.42 bits per heavy atom. The van der Waals surface area contributed by atoms with Crippen molar-refractivity contribution < 1.29 is 23.7 Å². The Morgan fingerprint density at radius 2 is 2.08 bits per heavy atom. The molecule has 0 spiro atoms. The van der Waals surface area contributed by atoms with Crippen molar-refractivity contribution in [1.82, 2.24) is 4.90 Å². The lowest BCUT2D eigenvalue weighted by atomic mass is 10.7. The average molecular weight is 193 g/mol. The summed E-state index contributed by atoms with van der Waals surface area (Å²) in [6, 6.07) is 0. The summed E-state index contributed by atoms with van der Waals surface area (Å²) in [4.78, 5) is 28.3. The molecule has 1 saturated heterocycles. The third kappa shape index (κ3) is 2.42. The molecule has 2 N–H and O–H groups in total. The molecule has 6 nitrogen and oxygen atoms in total. The quantitative estimate of drug-likeness (QED) is 0.355. The van der Waals surface area contributed by atoms with Crippen LogP contribution >= 0.6 is 7.82 Å². The molecule has 1 rings (SSSR count). The van der Waals surface area contributed by atoms with E-state index in [1.165, 1.54) is 4.90 Å². The SMILES string of the molecule is C=C1C(=O)N1CCOP(=O)(O)O. The number of phosphoric ester groups is 1. The first-order valence-electron chi connectivity index (χ1n) is 3.12. The predicted molar refractivity (Wildman–Crippen MR) is 38.8 cm³/mol. The summed E-state index contributed by atoms with van der Waals surface area (Å²) >= 11 is 0. The first-order chi connectivity index (χ1) is 5.42. The highest BCUT2D eigenvalue weighted by atomic mass is 31.2. The van der Waals surface area contributed by atoms with Crippen molar-refractivity contribution in [3.8, 4) is 0 Å². The molecule has 1 aliphatic rings. The number of hydrogen-bond donors (Lipinski definition) is 2. The Bertz CT molecular complexity index is 255. The predicted octanol–water partition coefficient (Wildman–Crippen LogP) is -0.548. The fourth-order valence-electron chi connectivity index (χ4n) is 0.706. The van der Waals surface area contributed by atoms with E-state index in [-0.39, 0.29) is 19.1 Å². The summed E-state index contributed by atoms with van der Waals surface area (Å²) in [5.74, 6) is -0.204. The van der Waals surface area contributed by atoms with E-state index in [0.29, 0.717) is 5.70 Å². The van der Waals surface area contributed by atoms with Gasteiger partial charge >= 0.3 is 7.82 Å². The maximum Gasteiger partial charge on any atom is 0.469 e. The van der Waals surface area contributed by atoms with Crippen molar-refractivity contribution in [2.24, 2.45) is 0 Å². The van der Waals surface area contributed by atoms with Gasteiger partial charge in [0.05, 0.1) is 13.2 Å². The molecule has 7 heteroatoms. The number of hydrogen-bond acceptors (Lipinski definition) is 3. The highest BCUT2D eigenvalue weighted by Crippen LogP contribution is 2.35. The second kappa shape index (κ2) is 2.99. The van der Waals surface area contributed by atoms with E-state index in [4.69, 9.17) is 9.79 Å². The molecule has 12 heavy (non-hydrogen) atoms. The molecule has 0 aromatic heterocycles. The molecule has 0 aliphatic carbocycles. The van der Waals surface area contributed by atoms with Crippen LogP contribution in [0.2, 0.25) is 0 Å². The molecule has 1 heterocycles. The molecular weight excluding hydrogens is 185 g/mol.